The Labute approximate surface area is 58.3 Å². The van der Waals surface area contributed by atoms with Gasteiger partial charge in [-0.25, -0.2) is 0 Å². The molecule has 3 nitrogen and oxygen atoms in total. The average molecular weight is 136 g/mol. The van der Waals surface area contributed by atoms with Gasteiger partial charge in [0.05, 0.1) is 0 Å². The summed E-state index contributed by atoms with van der Waals surface area (Å²) in [6.07, 6.45) is 0. The highest BCUT2D eigenvalue weighted by molar-refractivity contribution is 5.92. The fourth-order valence-corrected chi connectivity index (χ4v) is 0.638. The monoisotopic (exact) mass is 136 g/mol. The Bertz CT molecular complexity index is 220. The Morgan fingerprint density at radius 1 is 1.30 bits per heavy atom. The first-order valence-electron chi connectivity index (χ1n) is 2.79. The number of rotatable bonds is 1. The van der Waals surface area contributed by atoms with Gasteiger partial charge in [0.25, 0.3) is 5.91 Å². The average Bonchev–Trinajstić information content (AvgIpc) is 2.05. The first-order valence-corrected chi connectivity index (χ1v) is 2.79. The van der Waals surface area contributed by atoms with Crippen molar-refractivity contribution in [3.63, 3.8) is 0 Å². The lowest BCUT2D eigenvalue weighted by atomic mass is 10.2. The van der Waals surface area contributed by atoms with Crippen LogP contribution in [0.3, 0.4) is 0 Å². The highest BCUT2D eigenvalue weighted by atomic mass is 16.5. The van der Waals surface area contributed by atoms with Gasteiger partial charge in [-0.1, -0.05) is 23.7 Å². The van der Waals surface area contributed by atoms with Crippen molar-refractivity contribution in [2.75, 3.05) is 0 Å². The van der Waals surface area contributed by atoms with E-state index < -0.39 is 5.91 Å². The van der Waals surface area contributed by atoms with E-state index in [4.69, 9.17) is 5.21 Å². The number of hydrogen-bond donors (Lipinski definition) is 1. The molecule has 0 bridgehead atoms. The van der Waals surface area contributed by atoms with E-state index in [1.54, 1.807) is 30.3 Å². The molecule has 0 atom stereocenters. The Morgan fingerprint density at radius 3 is 2.40 bits per heavy atom. The molecule has 0 saturated carbocycles. The van der Waals surface area contributed by atoms with Gasteiger partial charge in [0.1, 0.15) is 0 Å². The second-order valence-corrected chi connectivity index (χ2v) is 1.77. The van der Waals surface area contributed by atoms with Crippen molar-refractivity contribution in [2.24, 2.45) is 0 Å². The van der Waals surface area contributed by atoms with Gasteiger partial charge >= 0.3 is 0 Å². The molecule has 1 aromatic carbocycles. The second-order valence-electron chi connectivity index (χ2n) is 1.77. The zero-order valence-corrected chi connectivity index (χ0v) is 5.19. The Morgan fingerprint density at radius 2 is 1.90 bits per heavy atom. The van der Waals surface area contributed by atoms with Crippen LogP contribution in [-0.4, -0.2) is 11.1 Å². The smallest absolute Gasteiger partial charge is 0.265 e. The predicted molar refractivity (Wildman–Crippen MR) is 34.7 cm³/mol. The van der Waals surface area contributed by atoms with Crippen molar-refractivity contribution < 1.29 is 10.0 Å². The zero-order chi connectivity index (χ0) is 7.40. The van der Waals surface area contributed by atoms with Crippen LogP contribution < -0.4 is 5.48 Å². The number of amides is 1. The molecular formula is C7H6NO2. The molecule has 1 rings (SSSR count). The maximum absolute atomic E-state index is 10.6. The fraction of sp³-hybridized carbons (Fsp3) is 0. The van der Waals surface area contributed by atoms with Crippen molar-refractivity contribution in [3.8, 4) is 0 Å². The van der Waals surface area contributed by atoms with Gasteiger partial charge in [0.15, 0.2) is 0 Å². The molecule has 1 amide bonds. The quantitative estimate of drug-likeness (QED) is 0.459. The Kier molecular flexibility index (Phi) is 2.02. The van der Waals surface area contributed by atoms with E-state index in [9.17, 15) is 4.79 Å². The summed E-state index contributed by atoms with van der Waals surface area (Å²) >= 11 is 0. The molecule has 0 fully saturated rings. The molecular weight excluding hydrogens is 130 g/mol. The molecule has 0 aliphatic heterocycles. The summed E-state index contributed by atoms with van der Waals surface area (Å²) in [6.45, 7) is 0. The van der Waals surface area contributed by atoms with Crippen molar-refractivity contribution in [2.45, 2.75) is 0 Å². The SMILES string of the molecule is O=C([N]O)c1ccccc1. The van der Waals surface area contributed by atoms with Crippen LogP contribution in [0.2, 0.25) is 0 Å². The highest BCUT2D eigenvalue weighted by Gasteiger charge is 2.01. The summed E-state index contributed by atoms with van der Waals surface area (Å²) in [6, 6.07) is 8.37. The normalized spacial score (nSPS) is 8.90. The van der Waals surface area contributed by atoms with Gasteiger partial charge in [-0.3, -0.25) is 10.0 Å². The molecule has 0 saturated heterocycles. The number of nitrogens with zero attached hydrogens (tertiary/aromatic N) is 1. The molecule has 1 N–H and O–H groups in total. The molecule has 3 heteroatoms. The van der Waals surface area contributed by atoms with E-state index in [1.165, 1.54) is 0 Å². The summed E-state index contributed by atoms with van der Waals surface area (Å²) in [5.41, 5.74) is 2.91. The van der Waals surface area contributed by atoms with E-state index in [-0.39, 0.29) is 0 Å². The van der Waals surface area contributed by atoms with E-state index in [0.29, 0.717) is 5.56 Å². The number of carbonyl (C=O) groups excluding carboxylic acids is 1. The maximum atomic E-state index is 10.6. The number of hydrogen-bond acceptors (Lipinski definition) is 2. The van der Waals surface area contributed by atoms with Crippen molar-refractivity contribution in [3.05, 3.63) is 35.9 Å². The summed E-state index contributed by atoms with van der Waals surface area (Å²) in [4.78, 5) is 10.6. The molecule has 0 spiro atoms. The van der Waals surface area contributed by atoms with Gasteiger partial charge in [-0.05, 0) is 12.1 Å². The van der Waals surface area contributed by atoms with Crippen molar-refractivity contribution >= 4 is 5.91 Å². The third-order valence-corrected chi connectivity index (χ3v) is 1.11. The Hall–Kier alpha value is -1.35. The summed E-state index contributed by atoms with van der Waals surface area (Å²) in [7, 11) is 0. The van der Waals surface area contributed by atoms with E-state index in [1.807, 2.05) is 0 Å². The van der Waals surface area contributed by atoms with Gasteiger partial charge < -0.3 is 0 Å². The van der Waals surface area contributed by atoms with Gasteiger partial charge in [0.2, 0.25) is 0 Å². The van der Waals surface area contributed by atoms with Crippen LogP contribution >= 0.6 is 0 Å². The third kappa shape index (κ3) is 1.33. The van der Waals surface area contributed by atoms with Crippen molar-refractivity contribution in [1.29, 1.82) is 0 Å². The lowest BCUT2D eigenvalue weighted by molar-refractivity contribution is 0.0682. The van der Waals surface area contributed by atoms with E-state index >= 15 is 0 Å². The van der Waals surface area contributed by atoms with Crippen molar-refractivity contribution in [1.82, 2.24) is 5.48 Å². The van der Waals surface area contributed by atoms with Crippen LogP contribution in [0.1, 0.15) is 10.4 Å². The topological polar surface area (TPSA) is 51.4 Å². The van der Waals surface area contributed by atoms with Crippen LogP contribution in [0.15, 0.2) is 30.3 Å². The standard InChI is InChI=1S/C7H6NO2/c9-7(8-10)6-4-2-1-3-5-6/h1-5,10H. The molecule has 10 heavy (non-hydrogen) atoms. The van der Waals surface area contributed by atoms with Gasteiger partial charge in [-0.2, -0.15) is 0 Å². The molecule has 0 unspecified atom stereocenters. The van der Waals surface area contributed by atoms with E-state index in [0.717, 1.165) is 0 Å². The Balaban J connectivity index is 2.85. The molecule has 0 aliphatic carbocycles. The molecule has 1 radical (unpaired) electrons. The van der Waals surface area contributed by atoms with Crippen LogP contribution in [0.4, 0.5) is 0 Å². The third-order valence-electron chi connectivity index (χ3n) is 1.11. The van der Waals surface area contributed by atoms with Crippen LogP contribution in [0, 0.1) is 0 Å². The number of benzene rings is 1. The van der Waals surface area contributed by atoms with Crippen LogP contribution in [-0.2, 0) is 0 Å². The predicted octanol–water partition coefficient (Wildman–Crippen LogP) is 0.820. The zero-order valence-electron chi connectivity index (χ0n) is 5.19. The molecule has 0 heterocycles. The molecule has 1 aromatic rings. The lowest BCUT2D eigenvalue weighted by Gasteiger charge is -1.91. The molecule has 0 aromatic heterocycles. The lowest BCUT2D eigenvalue weighted by Crippen LogP contribution is -2.10. The minimum absolute atomic E-state index is 0.394. The summed E-state index contributed by atoms with van der Waals surface area (Å²) < 4.78 is 0. The van der Waals surface area contributed by atoms with Crippen LogP contribution in [0.25, 0.3) is 0 Å². The largest absolute Gasteiger partial charge is 0.299 e. The number of hydroxylamine groups is 1. The van der Waals surface area contributed by atoms with E-state index in [2.05, 4.69) is 5.48 Å². The molecule has 0 aliphatic rings. The van der Waals surface area contributed by atoms with Crippen LogP contribution in [0.5, 0.6) is 0 Å². The van der Waals surface area contributed by atoms with Gasteiger partial charge in [-0.15, -0.1) is 0 Å². The second kappa shape index (κ2) is 2.98. The van der Waals surface area contributed by atoms with Gasteiger partial charge in [0, 0.05) is 5.56 Å². The highest BCUT2D eigenvalue weighted by Crippen LogP contribution is 1.96. The number of carbonyl (C=O) groups is 1. The summed E-state index contributed by atoms with van der Waals surface area (Å²) in [5.74, 6) is -0.611. The minimum atomic E-state index is -0.611. The maximum Gasteiger partial charge on any atom is 0.299 e. The summed E-state index contributed by atoms with van der Waals surface area (Å²) in [5, 5.41) is 8.06. The first kappa shape index (κ1) is 6.77. The first-order chi connectivity index (χ1) is 4.84. The minimum Gasteiger partial charge on any atom is -0.265 e. The fourth-order valence-electron chi connectivity index (χ4n) is 0.638. The molecule has 51 valence electrons.